The van der Waals surface area contributed by atoms with Gasteiger partial charge in [-0.1, -0.05) is 0 Å². The first-order chi connectivity index (χ1) is 12.0. The van der Waals surface area contributed by atoms with Gasteiger partial charge in [-0.15, -0.1) is 0 Å². The van der Waals surface area contributed by atoms with E-state index in [1.54, 1.807) is 11.5 Å². The summed E-state index contributed by atoms with van der Waals surface area (Å²) in [6, 6.07) is 3.71. The van der Waals surface area contributed by atoms with Crippen LogP contribution in [0.4, 0.5) is 4.39 Å². The van der Waals surface area contributed by atoms with Crippen LogP contribution in [0.5, 0.6) is 0 Å². The minimum atomic E-state index is -0.661. The molecule has 0 saturated heterocycles. The van der Waals surface area contributed by atoms with Crippen molar-refractivity contribution in [2.24, 2.45) is 5.41 Å². The number of nitrogens with one attached hydrogen (secondary N) is 2. The van der Waals surface area contributed by atoms with E-state index in [0.29, 0.717) is 23.1 Å². The number of hydrogen-bond donors (Lipinski definition) is 3. The van der Waals surface area contributed by atoms with Crippen LogP contribution in [0.3, 0.4) is 0 Å². The van der Waals surface area contributed by atoms with Crippen molar-refractivity contribution in [3.8, 4) is 0 Å². The van der Waals surface area contributed by atoms with E-state index < -0.39 is 5.91 Å². The minimum Gasteiger partial charge on any atom is -0.308 e. The van der Waals surface area contributed by atoms with Gasteiger partial charge in [-0.05, 0) is 61.6 Å². The van der Waals surface area contributed by atoms with Gasteiger partial charge < -0.3 is 5.32 Å². The summed E-state index contributed by atoms with van der Waals surface area (Å²) in [6.07, 6.45) is 7.26. The molecule has 4 saturated carbocycles. The number of carbonyl (C=O) groups excluding carboxylic acids is 1. The summed E-state index contributed by atoms with van der Waals surface area (Å²) in [5.74, 6) is -1.00. The van der Waals surface area contributed by atoms with Crippen LogP contribution in [0.2, 0.25) is 0 Å². The van der Waals surface area contributed by atoms with E-state index in [9.17, 15) is 9.18 Å². The number of rotatable bonds is 5. The van der Waals surface area contributed by atoms with E-state index in [1.165, 1.54) is 38.2 Å². The Morgan fingerprint density at radius 2 is 2.08 bits per heavy atom. The lowest BCUT2D eigenvalue weighted by Gasteiger charge is -2.72. The molecule has 25 heavy (non-hydrogen) atoms. The zero-order valence-electron chi connectivity index (χ0n) is 14.3. The van der Waals surface area contributed by atoms with Crippen LogP contribution in [0, 0.1) is 11.2 Å². The smallest absolute Gasteiger partial charge is 0.274 e. The summed E-state index contributed by atoms with van der Waals surface area (Å²) in [5, 5.41) is 12.5. The Labute approximate surface area is 146 Å². The second-order valence-corrected chi connectivity index (χ2v) is 8.73. The second-order valence-electron chi connectivity index (χ2n) is 8.73. The van der Waals surface area contributed by atoms with Crippen molar-refractivity contribution in [2.45, 2.75) is 56.7 Å². The number of carbonyl (C=O) groups is 1. The van der Waals surface area contributed by atoms with E-state index in [0.717, 1.165) is 31.1 Å². The fourth-order valence-corrected chi connectivity index (χ4v) is 5.46. The maximum Gasteiger partial charge on any atom is 0.274 e. The molecule has 6 heteroatoms. The molecule has 0 atom stereocenters. The zero-order chi connectivity index (χ0) is 17.2. The van der Waals surface area contributed by atoms with E-state index >= 15 is 0 Å². The molecule has 0 spiro atoms. The number of nitrogens with zero attached hydrogens (tertiary/aromatic N) is 1. The van der Waals surface area contributed by atoms with E-state index in [-0.39, 0.29) is 11.4 Å². The quantitative estimate of drug-likeness (QED) is 0.564. The maximum atomic E-state index is 14.5. The average molecular weight is 345 g/mol. The Kier molecular flexibility index (Phi) is 3.30. The third kappa shape index (κ3) is 2.58. The van der Waals surface area contributed by atoms with Crippen molar-refractivity contribution in [1.29, 1.82) is 0 Å². The van der Waals surface area contributed by atoms with Crippen molar-refractivity contribution in [3.05, 3.63) is 34.6 Å². The lowest BCUT2D eigenvalue weighted by atomic mass is 9.39. The molecule has 1 aromatic carbocycles. The highest BCUT2D eigenvalue weighted by molar-refractivity contribution is 5.93. The summed E-state index contributed by atoms with van der Waals surface area (Å²) in [6.45, 7) is 2.58. The first-order valence-corrected chi connectivity index (χ1v) is 9.26. The van der Waals surface area contributed by atoms with Crippen LogP contribution in [0.25, 0.3) is 0 Å². The van der Waals surface area contributed by atoms with Gasteiger partial charge in [-0.2, -0.15) is 0 Å². The molecule has 0 unspecified atom stereocenters. The zero-order valence-corrected chi connectivity index (χ0v) is 14.3. The molecule has 1 aromatic rings. The van der Waals surface area contributed by atoms with Gasteiger partial charge in [-0.3, -0.25) is 14.9 Å². The summed E-state index contributed by atoms with van der Waals surface area (Å²) >= 11 is 0. The fraction of sp³-hybridized carbons (Fsp3) is 0.632. The molecule has 0 aromatic heterocycles. The topological polar surface area (TPSA) is 64.6 Å². The standard InChI is InChI=1S/C19H24FN3O2/c20-16-6-13(17(24)22-25)5-12-3-4-23(7-15(12)16)11-18-8-19(9-18,10-18)21-14-1-2-14/h5-6,14,21,25H,1-4,7-11H2,(H,22,24). The molecule has 1 amide bonds. The highest BCUT2D eigenvalue weighted by atomic mass is 19.1. The molecule has 5 nitrogen and oxygen atoms in total. The van der Waals surface area contributed by atoms with Gasteiger partial charge in [0, 0.05) is 42.3 Å². The van der Waals surface area contributed by atoms with Crippen molar-refractivity contribution in [2.75, 3.05) is 13.1 Å². The average Bonchev–Trinajstić information content (AvgIpc) is 3.35. The first-order valence-electron chi connectivity index (χ1n) is 9.26. The largest absolute Gasteiger partial charge is 0.308 e. The Bertz CT molecular complexity index is 727. The van der Waals surface area contributed by atoms with Gasteiger partial charge in [0.05, 0.1) is 0 Å². The Hall–Kier alpha value is -1.50. The van der Waals surface area contributed by atoms with Gasteiger partial charge in [-0.25, -0.2) is 9.87 Å². The predicted molar refractivity (Wildman–Crippen MR) is 89.8 cm³/mol. The normalized spacial score (nSPS) is 33.2. The van der Waals surface area contributed by atoms with Gasteiger partial charge in [0.2, 0.25) is 0 Å². The summed E-state index contributed by atoms with van der Waals surface area (Å²) in [4.78, 5) is 13.9. The number of halogens is 1. The molecule has 5 aliphatic rings. The van der Waals surface area contributed by atoms with Gasteiger partial charge >= 0.3 is 0 Å². The molecule has 6 rings (SSSR count). The van der Waals surface area contributed by atoms with Gasteiger partial charge in [0.15, 0.2) is 0 Å². The molecule has 1 aliphatic heterocycles. The monoisotopic (exact) mass is 345 g/mol. The first kappa shape index (κ1) is 15.7. The van der Waals surface area contributed by atoms with E-state index in [2.05, 4.69) is 10.2 Å². The van der Waals surface area contributed by atoms with Crippen molar-refractivity contribution < 1.29 is 14.4 Å². The van der Waals surface area contributed by atoms with Gasteiger partial charge in [0.1, 0.15) is 5.82 Å². The Balaban J connectivity index is 1.24. The molecular weight excluding hydrogens is 321 g/mol. The molecule has 4 fully saturated rings. The summed E-state index contributed by atoms with van der Waals surface area (Å²) < 4.78 is 14.5. The van der Waals surface area contributed by atoms with Crippen LogP contribution >= 0.6 is 0 Å². The fourth-order valence-electron chi connectivity index (χ4n) is 5.46. The summed E-state index contributed by atoms with van der Waals surface area (Å²) in [5.41, 5.74) is 4.24. The Morgan fingerprint density at radius 3 is 2.76 bits per heavy atom. The Morgan fingerprint density at radius 1 is 1.32 bits per heavy atom. The van der Waals surface area contributed by atoms with E-state index in [1.807, 2.05) is 0 Å². The number of fused-ring (bicyclic) bond motifs is 1. The predicted octanol–water partition coefficient (Wildman–Crippen LogP) is 1.98. The lowest BCUT2D eigenvalue weighted by Crippen LogP contribution is -2.76. The van der Waals surface area contributed by atoms with E-state index in [4.69, 9.17) is 5.21 Å². The van der Waals surface area contributed by atoms with Crippen LogP contribution in [0.15, 0.2) is 12.1 Å². The van der Waals surface area contributed by atoms with Crippen molar-refractivity contribution in [3.63, 3.8) is 0 Å². The van der Waals surface area contributed by atoms with Crippen LogP contribution < -0.4 is 10.8 Å². The van der Waals surface area contributed by atoms with Crippen LogP contribution in [-0.2, 0) is 13.0 Å². The molecule has 1 heterocycles. The maximum absolute atomic E-state index is 14.5. The van der Waals surface area contributed by atoms with Crippen LogP contribution in [-0.4, -0.2) is 40.7 Å². The molecule has 134 valence electrons. The molecule has 4 aliphatic carbocycles. The van der Waals surface area contributed by atoms with Crippen molar-refractivity contribution >= 4 is 5.91 Å². The second kappa shape index (κ2) is 5.25. The molecular formula is C19H24FN3O2. The molecule has 2 bridgehead atoms. The lowest BCUT2D eigenvalue weighted by molar-refractivity contribution is -0.169. The molecule has 0 radical (unpaired) electrons. The SMILES string of the molecule is O=C(NO)c1cc(F)c2c(c1)CCN(CC13CC(NC4CC4)(C1)C3)C2. The number of amides is 1. The number of benzene rings is 1. The van der Waals surface area contributed by atoms with Gasteiger partial charge in [0.25, 0.3) is 5.91 Å². The minimum absolute atomic E-state index is 0.180. The van der Waals surface area contributed by atoms with Crippen LogP contribution in [0.1, 0.15) is 53.6 Å². The third-order valence-electron chi connectivity index (χ3n) is 6.52. The third-order valence-corrected chi connectivity index (χ3v) is 6.52. The summed E-state index contributed by atoms with van der Waals surface area (Å²) in [7, 11) is 0. The highest BCUT2D eigenvalue weighted by Crippen LogP contribution is 2.68. The number of hydrogen-bond acceptors (Lipinski definition) is 4. The highest BCUT2D eigenvalue weighted by Gasteiger charge is 2.68. The van der Waals surface area contributed by atoms with Crippen molar-refractivity contribution in [1.82, 2.24) is 15.7 Å². The number of hydroxylamine groups is 1. The molecule has 3 N–H and O–H groups in total.